The third-order valence-corrected chi connectivity index (χ3v) is 3.76. The van der Waals surface area contributed by atoms with Crippen LogP contribution < -0.4 is 4.74 Å². The molecule has 0 bridgehead atoms. The first-order valence-electron chi connectivity index (χ1n) is 5.17. The summed E-state index contributed by atoms with van der Waals surface area (Å²) in [5.41, 5.74) is 2.29. The molecule has 0 N–H and O–H groups in total. The molecule has 0 atom stereocenters. The minimum atomic E-state index is -0.390. The highest BCUT2D eigenvalue weighted by Gasteiger charge is 2.25. The molecule has 0 unspecified atom stereocenters. The maximum Gasteiger partial charge on any atom is 0.312 e. The monoisotopic (exact) mass is 285 g/mol. The zero-order valence-corrected chi connectivity index (χ0v) is 10.5. The van der Waals surface area contributed by atoms with Gasteiger partial charge in [-0.1, -0.05) is 0 Å². The van der Waals surface area contributed by atoms with Gasteiger partial charge in [0.1, 0.15) is 0 Å². The van der Waals surface area contributed by atoms with Gasteiger partial charge >= 0.3 is 5.69 Å². The van der Waals surface area contributed by atoms with Gasteiger partial charge in [-0.2, -0.15) is 0 Å². The van der Waals surface area contributed by atoms with Crippen molar-refractivity contribution in [2.24, 2.45) is 0 Å². The second-order valence-electron chi connectivity index (χ2n) is 3.84. The van der Waals surface area contributed by atoms with Gasteiger partial charge in [0.2, 0.25) is 5.75 Å². The van der Waals surface area contributed by atoms with E-state index in [0.717, 1.165) is 41.3 Å². The van der Waals surface area contributed by atoms with E-state index < -0.39 is 4.92 Å². The number of benzene rings is 1. The molecule has 0 amide bonds. The van der Waals surface area contributed by atoms with Crippen LogP contribution in [0.25, 0.3) is 0 Å². The number of nitro groups is 1. The Morgan fingerprint density at radius 1 is 1.44 bits per heavy atom. The van der Waals surface area contributed by atoms with E-state index in [1.807, 2.05) is 0 Å². The predicted molar refractivity (Wildman–Crippen MR) is 64.0 cm³/mol. The van der Waals surface area contributed by atoms with Crippen molar-refractivity contribution in [2.75, 3.05) is 7.11 Å². The first kappa shape index (κ1) is 11.4. The second kappa shape index (κ2) is 4.41. The Morgan fingerprint density at radius 3 is 2.75 bits per heavy atom. The van der Waals surface area contributed by atoms with Crippen LogP contribution in [0.3, 0.4) is 0 Å². The largest absolute Gasteiger partial charge is 0.489 e. The van der Waals surface area contributed by atoms with Crippen LogP contribution in [-0.4, -0.2) is 12.0 Å². The van der Waals surface area contributed by atoms with Crippen molar-refractivity contribution < 1.29 is 9.66 Å². The first-order chi connectivity index (χ1) is 7.65. The van der Waals surface area contributed by atoms with Gasteiger partial charge in [-0.05, 0) is 52.7 Å². The Kier molecular flexibility index (Phi) is 3.14. The summed E-state index contributed by atoms with van der Waals surface area (Å²) < 4.78 is 5.86. The summed E-state index contributed by atoms with van der Waals surface area (Å²) in [7, 11) is 1.46. The lowest BCUT2D eigenvalue weighted by Crippen LogP contribution is -2.06. The lowest BCUT2D eigenvalue weighted by atomic mass is 9.91. The van der Waals surface area contributed by atoms with Gasteiger partial charge in [0, 0.05) is 6.07 Å². The number of hydrogen-bond acceptors (Lipinski definition) is 3. The van der Waals surface area contributed by atoms with E-state index in [9.17, 15) is 10.1 Å². The fraction of sp³-hybridized carbons (Fsp3) is 0.455. The SMILES string of the molecule is COc1c([N+](=O)[O-])cc2c(c1Br)CCCC2. The molecule has 1 aliphatic carbocycles. The van der Waals surface area contributed by atoms with Gasteiger partial charge < -0.3 is 4.74 Å². The zero-order chi connectivity index (χ0) is 11.7. The fourth-order valence-electron chi connectivity index (χ4n) is 2.15. The van der Waals surface area contributed by atoms with E-state index >= 15 is 0 Å². The second-order valence-corrected chi connectivity index (χ2v) is 4.64. The Bertz CT molecular complexity index is 445. The normalized spacial score (nSPS) is 14.4. The molecule has 5 heteroatoms. The van der Waals surface area contributed by atoms with Gasteiger partial charge in [0.05, 0.1) is 16.5 Å². The van der Waals surface area contributed by atoms with Crippen molar-refractivity contribution >= 4 is 21.6 Å². The quantitative estimate of drug-likeness (QED) is 0.619. The maximum absolute atomic E-state index is 10.9. The average molecular weight is 286 g/mol. The van der Waals surface area contributed by atoms with Crippen LogP contribution in [0.2, 0.25) is 0 Å². The summed E-state index contributed by atoms with van der Waals surface area (Å²) in [5, 5.41) is 10.9. The number of fused-ring (bicyclic) bond motifs is 1. The van der Waals surface area contributed by atoms with E-state index in [4.69, 9.17) is 4.74 Å². The predicted octanol–water partition coefficient (Wildman–Crippen LogP) is 3.24. The van der Waals surface area contributed by atoms with Crippen molar-refractivity contribution in [3.05, 3.63) is 31.8 Å². The Labute approximate surface area is 102 Å². The van der Waals surface area contributed by atoms with Gasteiger partial charge in [-0.25, -0.2) is 0 Å². The van der Waals surface area contributed by atoms with Crippen molar-refractivity contribution in [3.63, 3.8) is 0 Å². The van der Waals surface area contributed by atoms with Crippen LogP contribution >= 0.6 is 15.9 Å². The molecule has 0 saturated carbocycles. The maximum atomic E-state index is 10.9. The standard InChI is InChI=1S/C11H12BrNO3/c1-16-11-9(13(14)15)6-7-4-2-3-5-8(7)10(11)12/h6H,2-5H2,1H3. The van der Waals surface area contributed by atoms with Crippen molar-refractivity contribution in [2.45, 2.75) is 25.7 Å². The molecule has 0 aliphatic heterocycles. The summed E-state index contributed by atoms with van der Waals surface area (Å²) in [6.45, 7) is 0. The van der Waals surface area contributed by atoms with Gasteiger partial charge in [0.15, 0.2) is 0 Å². The first-order valence-corrected chi connectivity index (χ1v) is 5.97. The average Bonchev–Trinajstić information content (AvgIpc) is 2.29. The van der Waals surface area contributed by atoms with Crippen LogP contribution in [0, 0.1) is 10.1 Å². The van der Waals surface area contributed by atoms with E-state index in [1.165, 1.54) is 7.11 Å². The summed E-state index contributed by atoms with van der Waals surface area (Å²) >= 11 is 3.42. The Balaban J connectivity index is 2.64. The van der Waals surface area contributed by atoms with Gasteiger partial charge in [0.25, 0.3) is 0 Å². The summed E-state index contributed by atoms with van der Waals surface area (Å²) in [6, 6.07) is 1.65. The van der Waals surface area contributed by atoms with Crippen molar-refractivity contribution in [3.8, 4) is 5.75 Å². The zero-order valence-electron chi connectivity index (χ0n) is 8.96. The smallest absolute Gasteiger partial charge is 0.312 e. The van der Waals surface area contributed by atoms with Crippen LogP contribution in [0.15, 0.2) is 10.5 Å². The number of halogens is 1. The molecule has 0 fully saturated rings. The lowest BCUT2D eigenvalue weighted by molar-refractivity contribution is -0.385. The summed E-state index contributed by atoms with van der Waals surface area (Å²) in [6.07, 6.45) is 4.11. The highest BCUT2D eigenvalue weighted by atomic mass is 79.9. The van der Waals surface area contributed by atoms with Crippen LogP contribution in [0.1, 0.15) is 24.0 Å². The number of rotatable bonds is 2. The molecular formula is C11H12BrNO3. The highest BCUT2D eigenvalue weighted by molar-refractivity contribution is 9.10. The lowest BCUT2D eigenvalue weighted by Gasteiger charge is -2.18. The molecule has 0 heterocycles. The molecule has 0 aromatic heterocycles. The number of nitrogens with zero attached hydrogens (tertiary/aromatic N) is 1. The summed E-state index contributed by atoms with van der Waals surface area (Å²) in [4.78, 5) is 10.5. The Morgan fingerprint density at radius 2 is 2.12 bits per heavy atom. The number of nitro benzene ring substituents is 1. The van der Waals surface area contributed by atoms with Gasteiger partial charge in [-0.3, -0.25) is 10.1 Å². The van der Waals surface area contributed by atoms with E-state index in [1.54, 1.807) is 6.07 Å². The molecule has 0 spiro atoms. The van der Waals surface area contributed by atoms with E-state index in [0.29, 0.717) is 5.75 Å². The number of ether oxygens (including phenoxy) is 1. The minimum absolute atomic E-state index is 0.0509. The highest BCUT2D eigenvalue weighted by Crippen LogP contribution is 2.41. The van der Waals surface area contributed by atoms with Crippen LogP contribution in [0.4, 0.5) is 5.69 Å². The van der Waals surface area contributed by atoms with Crippen LogP contribution in [-0.2, 0) is 12.8 Å². The molecule has 1 aromatic carbocycles. The number of hydrogen-bond donors (Lipinski definition) is 0. The topological polar surface area (TPSA) is 52.4 Å². The molecule has 4 nitrogen and oxygen atoms in total. The molecule has 0 saturated heterocycles. The third kappa shape index (κ3) is 1.80. The van der Waals surface area contributed by atoms with Gasteiger partial charge in [-0.15, -0.1) is 0 Å². The molecule has 0 radical (unpaired) electrons. The van der Waals surface area contributed by atoms with E-state index in [-0.39, 0.29) is 5.69 Å². The Hall–Kier alpha value is -1.10. The number of aryl methyl sites for hydroxylation is 1. The van der Waals surface area contributed by atoms with Crippen LogP contribution in [0.5, 0.6) is 5.75 Å². The van der Waals surface area contributed by atoms with E-state index in [2.05, 4.69) is 15.9 Å². The third-order valence-electron chi connectivity index (χ3n) is 2.92. The molecular weight excluding hydrogens is 274 g/mol. The fourth-order valence-corrected chi connectivity index (χ4v) is 2.97. The summed E-state index contributed by atoms with van der Waals surface area (Å²) in [5.74, 6) is 0.339. The number of methoxy groups -OCH3 is 1. The minimum Gasteiger partial charge on any atom is -0.489 e. The molecule has 1 aromatic rings. The molecule has 1 aliphatic rings. The molecule has 2 rings (SSSR count). The molecule has 16 heavy (non-hydrogen) atoms. The molecule has 86 valence electrons. The van der Waals surface area contributed by atoms with Crippen molar-refractivity contribution in [1.29, 1.82) is 0 Å². The van der Waals surface area contributed by atoms with Crippen molar-refractivity contribution in [1.82, 2.24) is 0 Å².